The number of nitrogens with one attached hydrogen (secondary N) is 2. The van der Waals surface area contributed by atoms with Crippen LogP contribution in [0.25, 0.3) is 10.8 Å². The van der Waals surface area contributed by atoms with Gasteiger partial charge in [0.2, 0.25) is 0 Å². The Labute approximate surface area is 181 Å². The Hall–Kier alpha value is -4.36. The molecule has 4 heteroatoms. The summed E-state index contributed by atoms with van der Waals surface area (Å²) < 4.78 is 0. The summed E-state index contributed by atoms with van der Waals surface area (Å²) in [7, 11) is 0. The normalized spacial score (nSPS) is 11.2. The molecule has 0 aliphatic carbocycles. The molecule has 0 aliphatic rings. The highest BCUT2D eigenvalue weighted by atomic mass is 16.1. The number of fused-ring (bicyclic) bond motifs is 1. The van der Waals surface area contributed by atoms with Gasteiger partial charge in [0.1, 0.15) is 11.6 Å². The minimum Gasteiger partial charge on any atom is -0.360 e. The Bertz CT molecular complexity index is 1210. The van der Waals surface area contributed by atoms with Gasteiger partial charge in [0.25, 0.3) is 5.91 Å². The zero-order valence-electron chi connectivity index (χ0n) is 16.8. The summed E-state index contributed by atoms with van der Waals surface area (Å²) in [6.07, 6.45) is 1.46. The summed E-state index contributed by atoms with van der Waals surface area (Å²) >= 11 is 0. The summed E-state index contributed by atoms with van der Waals surface area (Å²) in [6, 6.07) is 34.9. The molecule has 0 bridgehead atoms. The molecule has 0 radical (unpaired) electrons. The molecule has 4 aromatic rings. The average Bonchev–Trinajstić information content (AvgIpc) is 2.84. The van der Waals surface area contributed by atoms with Gasteiger partial charge in [0.15, 0.2) is 0 Å². The van der Waals surface area contributed by atoms with Gasteiger partial charge < -0.3 is 10.6 Å². The van der Waals surface area contributed by atoms with Crippen LogP contribution in [0.1, 0.15) is 17.2 Å². The molecule has 2 N–H and O–H groups in total. The van der Waals surface area contributed by atoms with Crippen molar-refractivity contribution < 1.29 is 4.79 Å². The first-order valence-corrected chi connectivity index (χ1v) is 10.0. The van der Waals surface area contributed by atoms with Crippen molar-refractivity contribution in [3.05, 3.63) is 126 Å². The van der Waals surface area contributed by atoms with Crippen LogP contribution in [0.4, 0.5) is 5.69 Å². The zero-order chi connectivity index (χ0) is 21.5. The Balaban J connectivity index is 1.59. The van der Waals surface area contributed by atoms with Crippen molar-refractivity contribution in [3.63, 3.8) is 0 Å². The quantitative estimate of drug-likeness (QED) is 0.327. The molecular weight excluding hydrogens is 382 g/mol. The van der Waals surface area contributed by atoms with Crippen LogP contribution in [-0.2, 0) is 4.79 Å². The van der Waals surface area contributed by atoms with Crippen LogP contribution >= 0.6 is 0 Å². The van der Waals surface area contributed by atoms with E-state index in [-0.39, 0.29) is 11.6 Å². The number of hydrogen-bond acceptors (Lipinski definition) is 3. The summed E-state index contributed by atoms with van der Waals surface area (Å²) in [4.78, 5) is 13.0. The highest BCUT2D eigenvalue weighted by Gasteiger charge is 2.19. The van der Waals surface area contributed by atoms with Crippen LogP contribution in [0, 0.1) is 11.3 Å². The van der Waals surface area contributed by atoms with E-state index in [4.69, 9.17) is 0 Å². The first kappa shape index (κ1) is 19.9. The van der Waals surface area contributed by atoms with Gasteiger partial charge in [-0.2, -0.15) is 5.26 Å². The molecule has 0 saturated carbocycles. The van der Waals surface area contributed by atoms with Crippen LogP contribution in [0.3, 0.4) is 0 Å². The van der Waals surface area contributed by atoms with E-state index in [1.807, 2.05) is 109 Å². The maximum Gasteiger partial charge on any atom is 0.264 e. The van der Waals surface area contributed by atoms with Crippen molar-refractivity contribution in [3.8, 4) is 6.07 Å². The van der Waals surface area contributed by atoms with E-state index in [1.165, 1.54) is 6.20 Å². The van der Waals surface area contributed by atoms with Crippen LogP contribution in [0.5, 0.6) is 0 Å². The number of benzene rings is 4. The highest BCUT2D eigenvalue weighted by Crippen LogP contribution is 2.24. The minimum absolute atomic E-state index is 0.00444. The molecule has 0 atom stereocenters. The molecule has 0 aromatic heterocycles. The van der Waals surface area contributed by atoms with E-state index in [0.29, 0.717) is 0 Å². The second-order valence-electron chi connectivity index (χ2n) is 7.07. The average molecular weight is 403 g/mol. The molecular formula is C27H21N3O. The number of carbonyl (C=O) groups is 1. The molecule has 1 amide bonds. The van der Waals surface area contributed by atoms with Gasteiger partial charge in [-0.25, -0.2) is 0 Å². The van der Waals surface area contributed by atoms with Crippen LogP contribution in [0.15, 0.2) is 115 Å². The second kappa shape index (κ2) is 9.43. The molecule has 0 fully saturated rings. The van der Waals surface area contributed by atoms with E-state index in [9.17, 15) is 10.1 Å². The van der Waals surface area contributed by atoms with Gasteiger partial charge in [0.05, 0.1) is 6.04 Å². The number of nitriles is 1. The maximum atomic E-state index is 13.0. The lowest BCUT2D eigenvalue weighted by Crippen LogP contribution is -2.30. The third-order valence-corrected chi connectivity index (χ3v) is 5.07. The minimum atomic E-state index is -0.437. The number of carbonyl (C=O) groups excluding carboxylic acids is 1. The molecule has 0 unspecified atom stereocenters. The summed E-state index contributed by atoms with van der Waals surface area (Å²) in [5, 5.41) is 17.9. The molecule has 4 rings (SSSR count). The van der Waals surface area contributed by atoms with E-state index in [1.54, 1.807) is 0 Å². The van der Waals surface area contributed by atoms with Crippen molar-refractivity contribution in [1.82, 2.24) is 5.32 Å². The Morgan fingerprint density at radius 1 is 0.774 bits per heavy atom. The Kier molecular flexibility index (Phi) is 6.06. The van der Waals surface area contributed by atoms with E-state index in [0.717, 1.165) is 27.6 Å². The standard InChI is InChI=1S/C27H21N3O/c28-18-23(19-29-25-17-9-15-20-10-7-8-16-24(20)25)27(31)30-26(21-11-3-1-4-12-21)22-13-5-2-6-14-22/h1-17,19,26,29H,(H,30,31)/b23-19-. The predicted octanol–water partition coefficient (Wildman–Crippen LogP) is 5.56. The molecule has 4 aromatic carbocycles. The zero-order valence-corrected chi connectivity index (χ0v) is 16.8. The van der Waals surface area contributed by atoms with Gasteiger partial charge in [-0.15, -0.1) is 0 Å². The fourth-order valence-electron chi connectivity index (χ4n) is 3.51. The Morgan fingerprint density at radius 3 is 2.00 bits per heavy atom. The van der Waals surface area contributed by atoms with Crippen molar-refractivity contribution in [2.75, 3.05) is 5.32 Å². The predicted molar refractivity (Wildman–Crippen MR) is 124 cm³/mol. The second-order valence-corrected chi connectivity index (χ2v) is 7.07. The van der Waals surface area contributed by atoms with E-state index in [2.05, 4.69) is 10.6 Å². The SMILES string of the molecule is N#C/C(=C/Nc1cccc2ccccc12)C(=O)NC(c1ccccc1)c1ccccc1. The van der Waals surface area contributed by atoms with Crippen molar-refractivity contribution >= 4 is 22.4 Å². The smallest absolute Gasteiger partial charge is 0.264 e. The molecule has 0 saturated heterocycles. The fourth-order valence-corrected chi connectivity index (χ4v) is 3.51. The van der Waals surface area contributed by atoms with Gasteiger partial charge in [-0.05, 0) is 22.6 Å². The number of rotatable bonds is 6. The van der Waals surface area contributed by atoms with Gasteiger partial charge in [-0.1, -0.05) is 97.1 Å². The lowest BCUT2D eigenvalue weighted by molar-refractivity contribution is -0.117. The van der Waals surface area contributed by atoms with Gasteiger partial charge >= 0.3 is 0 Å². The highest BCUT2D eigenvalue weighted by molar-refractivity contribution is 5.99. The lowest BCUT2D eigenvalue weighted by atomic mass is 9.98. The summed E-state index contributed by atoms with van der Waals surface area (Å²) in [5.74, 6) is -0.437. The molecule has 4 nitrogen and oxygen atoms in total. The number of nitrogens with zero attached hydrogens (tertiary/aromatic N) is 1. The van der Waals surface area contributed by atoms with E-state index >= 15 is 0 Å². The molecule has 31 heavy (non-hydrogen) atoms. The van der Waals surface area contributed by atoms with Crippen LogP contribution in [-0.4, -0.2) is 5.91 Å². The Morgan fingerprint density at radius 2 is 1.35 bits per heavy atom. The number of amides is 1. The fraction of sp³-hybridized carbons (Fsp3) is 0.0370. The first-order chi connectivity index (χ1) is 15.3. The summed E-state index contributed by atoms with van der Waals surface area (Å²) in [5.41, 5.74) is 2.73. The summed E-state index contributed by atoms with van der Waals surface area (Å²) in [6.45, 7) is 0. The number of hydrogen-bond donors (Lipinski definition) is 2. The molecule has 0 heterocycles. The monoisotopic (exact) mass is 403 g/mol. The van der Waals surface area contributed by atoms with Crippen molar-refractivity contribution in [1.29, 1.82) is 5.26 Å². The van der Waals surface area contributed by atoms with Crippen LogP contribution in [0.2, 0.25) is 0 Å². The van der Waals surface area contributed by atoms with Crippen molar-refractivity contribution in [2.24, 2.45) is 0 Å². The first-order valence-electron chi connectivity index (χ1n) is 10.0. The maximum absolute atomic E-state index is 13.0. The lowest BCUT2D eigenvalue weighted by Gasteiger charge is -2.19. The topological polar surface area (TPSA) is 64.9 Å². The third-order valence-electron chi connectivity index (χ3n) is 5.07. The third kappa shape index (κ3) is 4.63. The molecule has 0 spiro atoms. The van der Waals surface area contributed by atoms with E-state index < -0.39 is 5.91 Å². The molecule has 0 aliphatic heterocycles. The molecule has 150 valence electrons. The van der Waals surface area contributed by atoms with Crippen molar-refractivity contribution in [2.45, 2.75) is 6.04 Å². The largest absolute Gasteiger partial charge is 0.360 e. The van der Waals surface area contributed by atoms with Gasteiger partial charge in [-0.3, -0.25) is 4.79 Å². The number of anilines is 1. The van der Waals surface area contributed by atoms with Crippen LogP contribution < -0.4 is 10.6 Å². The van der Waals surface area contributed by atoms with Gasteiger partial charge in [0, 0.05) is 17.3 Å².